The van der Waals surface area contributed by atoms with Crippen molar-refractivity contribution in [2.75, 3.05) is 33.5 Å². The van der Waals surface area contributed by atoms with Gasteiger partial charge in [0.05, 0.1) is 25.4 Å². The number of rotatable bonds is 10. The first-order chi connectivity index (χ1) is 14.3. The molecule has 0 atom stereocenters. The van der Waals surface area contributed by atoms with E-state index in [2.05, 4.69) is 0 Å². The molecule has 11 heteroatoms. The maximum Gasteiger partial charge on any atom is 0.347 e. The van der Waals surface area contributed by atoms with Gasteiger partial charge < -0.3 is 44.5 Å². The normalized spacial score (nSPS) is 10.6. The van der Waals surface area contributed by atoms with Gasteiger partial charge in [0.2, 0.25) is 11.5 Å². The van der Waals surface area contributed by atoms with E-state index in [1.807, 2.05) is 0 Å². The third kappa shape index (κ3) is 5.43. The number of methoxy groups -OCH3 is 1. The predicted molar refractivity (Wildman–Crippen MR) is 99.7 cm³/mol. The van der Waals surface area contributed by atoms with Crippen molar-refractivity contribution in [3.63, 3.8) is 0 Å². The summed E-state index contributed by atoms with van der Waals surface area (Å²) in [5.74, 6) is -6.57. The molecule has 0 aliphatic heterocycles. The molecule has 0 saturated carbocycles. The zero-order valence-corrected chi connectivity index (χ0v) is 15.8. The number of phenolic OH excluding ortho intramolecular Hbond substituents is 4. The lowest BCUT2D eigenvalue weighted by atomic mass is 10.1. The van der Waals surface area contributed by atoms with E-state index in [1.54, 1.807) is 0 Å². The molecule has 0 spiro atoms. The van der Waals surface area contributed by atoms with E-state index in [0.29, 0.717) is 13.2 Å². The van der Waals surface area contributed by atoms with Crippen molar-refractivity contribution < 1.29 is 54.1 Å². The highest BCUT2D eigenvalue weighted by Crippen LogP contribution is 2.40. The molecule has 2 aromatic rings. The number of hydrogen-bond donors (Lipinski definition) is 5. The van der Waals surface area contributed by atoms with Crippen LogP contribution >= 0.6 is 0 Å². The van der Waals surface area contributed by atoms with Crippen LogP contribution in [0.25, 0.3) is 0 Å². The lowest BCUT2D eigenvalue weighted by Crippen LogP contribution is -2.14. The summed E-state index contributed by atoms with van der Waals surface area (Å²) in [6, 6.07) is 3.72. The molecule has 0 heterocycles. The van der Waals surface area contributed by atoms with Crippen LogP contribution in [0.3, 0.4) is 0 Å². The van der Waals surface area contributed by atoms with E-state index in [1.165, 1.54) is 7.11 Å². The van der Waals surface area contributed by atoms with Crippen LogP contribution in [0.2, 0.25) is 0 Å². The second-order valence-electron chi connectivity index (χ2n) is 5.80. The Balaban J connectivity index is 2.23. The predicted octanol–water partition coefficient (Wildman–Crippen LogP) is 1.47. The third-order valence-electron chi connectivity index (χ3n) is 3.74. The fraction of sp³-hybridized carbons (Fsp3) is 0.263. The molecule has 0 aromatic heterocycles. The number of esters is 1. The summed E-state index contributed by atoms with van der Waals surface area (Å²) in [5.41, 5.74) is -0.770. The minimum absolute atomic E-state index is 0.0856. The van der Waals surface area contributed by atoms with Crippen molar-refractivity contribution in [3.05, 3.63) is 35.4 Å². The van der Waals surface area contributed by atoms with Crippen LogP contribution < -0.4 is 9.47 Å². The van der Waals surface area contributed by atoms with Gasteiger partial charge in [-0.15, -0.1) is 0 Å². The molecule has 5 N–H and O–H groups in total. The Hall–Kier alpha value is -3.70. The zero-order chi connectivity index (χ0) is 22.3. The smallest absolute Gasteiger partial charge is 0.347 e. The summed E-state index contributed by atoms with van der Waals surface area (Å²) < 4.78 is 20.3. The van der Waals surface area contributed by atoms with Gasteiger partial charge in [0.15, 0.2) is 23.0 Å². The average molecular weight is 424 g/mol. The number of carbonyl (C=O) groups excluding carboxylic acids is 1. The fourth-order valence-electron chi connectivity index (χ4n) is 2.26. The Morgan fingerprint density at radius 1 is 0.900 bits per heavy atom. The number of hydrogen-bond acceptors (Lipinski definition) is 10. The Bertz CT molecular complexity index is 923. The second kappa shape index (κ2) is 10.2. The number of benzene rings is 2. The molecule has 0 fully saturated rings. The highest BCUT2D eigenvalue weighted by Gasteiger charge is 2.24. The molecule has 0 unspecified atom stereocenters. The van der Waals surface area contributed by atoms with E-state index in [4.69, 9.17) is 24.1 Å². The van der Waals surface area contributed by atoms with Gasteiger partial charge in [-0.1, -0.05) is 0 Å². The third-order valence-corrected chi connectivity index (χ3v) is 3.74. The summed E-state index contributed by atoms with van der Waals surface area (Å²) >= 11 is 0. The topological polar surface area (TPSA) is 172 Å². The molecule has 0 radical (unpaired) electrons. The van der Waals surface area contributed by atoms with Gasteiger partial charge in [0.25, 0.3) is 0 Å². The molecule has 11 nitrogen and oxygen atoms in total. The summed E-state index contributed by atoms with van der Waals surface area (Å²) in [6.07, 6.45) is 0. The van der Waals surface area contributed by atoms with Crippen molar-refractivity contribution in [3.8, 4) is 34.5 Å². The molecule has 2 rings (SSSR count). The van der Waals surface area contributed by atoms with Crippen molar-refractivity contribution in [1.29, 1.82) is 0 Å². The Kier molecular flexibility index (Phi) is 7.67. The van der Waals surface area contributed by atoms with E-state index in [0.717, 1.165) is 24.3 Å². The Labute approximate surface area is 170 Å². The van der Waals surface area contributed by atoms with Crippen LogP contribution in [0.5, 0.6) is 34.5 Å². The van der Waals surface area contributed by atoms with Crippen molar-refractivity contribution in [1.82, 2.24) is 0 Å². The van der Waals surface area contributed by atoms with Crippen LogP contribution in [0.1, 0.15) is 20.7 Å². The van der Waals surface area contributed by atoms with Gasteiger partial charge in [-0.05, 0) is 24.3 Å². The van der Waals surface area contributed by atoms with Crippen LogP contribution in [-0.2, 0) is 9.47 Å². The fourth-order valence-corrected chi connectivity index (χ4v) is 2.26. The number of carboxylic acid groups (broad SMARTS) is 1. The summed E-state index contributed by atoms with van der Waals surface area (Å²) in [6.45, 7) is 0.647. The average Bonchev–Trinajstić information content (AvgIpc) is 2.70. The van der Waals surface area contributed by atoms with Crippen LogP contribution in [-0.4, -0.2) is 71.0 Å². The van der Waals surface area contributed by atoms with E-state index in [9.17, 15) is 30.0 Å². The highest BCUT2D eigenvalue weighted by molar-refractivity contribution is 5.96. The lowest BCUT2D eigenvalue weighted by Gasteiger charge is -2.14. The Morgan fingerprint density at radius 3 is 2.27 bits per heavy atom. The van der Waals surface area contributed by atoms with E-state index >= 15 is 0 Å². The Morgan fingerprint density at radius 2 is 1.60 bits per heavy atom. The first-order valence-electron chi connectivity index (χ1n) is 8.52. The lowest BCUT2D eigenvalue weighted by molar-refractivity contribution is 0.0531. The monoisotopic (exact) mass is 424 g/mol. The first-order valence-corrected chi connectivity index (χ1v) is 8.52. The molecule has 0 aliphatic carbocycles. The summed E-state index contributed by atoms with van der Waals surface area (Å²) in [5, 5.41) is 48.2. The standard InChI is InChI=1S/C19H20O11/c1-27-4-5-28-6-7-29-17-11(2-3-12(20)16(17)23)19(26)30-14-9-10(18(24)25)8-13(21)15(14)22/h2-3,8-9,20-23H,4-7H2,1H3,(H,24,25). The number of carboxylic acids is 1. The SMILES string of the molecule is COCCOCCOc1c(C(=O)Oc2cc(C(=O)O)cc(O)c2O)ccc(O)c1O. The molecule has 30 heavy (non-hydrogen) atoms. The summed E-state index contributed by atoms with van der Waals surface area (Å²) in [4.78, 5) is 23.6. The molecule has 2 aromatic carbocycles. The van der Waals surface area contributed by atoms with Crippen LogP contribution in [0, 0.1) is 0 Å². The zero-order valence-electron chi connectivity index (χ0n) is 15.8. The highest BCUT2D eigenvalue weighted by atomic mass is 16.6. The second-order valence-corrected chi connectivity index (χ2v) is 5.80. The number of carbonyl (C=O) groups is 2. The molecular formula is C19H20O11. The van der Waals surface area contributed by atoms with Gasteiger partial charge in [0.1, 0.15) is 12.2 Å². The first kappa shape index (κ1) is 22.6. The van der Waals surface area contributed by atoms with Gasteiger partial charge in [0, 0.05) is 7.11 Å². The van der Waals surface area contributed by atoms with Crippen molar-refractivity contribution >= 4 is 11.9 Å². The van der Waals surface area contributed by atoms with Gasteiger partial charge in [-0.3, -0.25) is 0 Å². The molecule has 0 aliphatic rings. The van der Waals surface area contributed by atoms with E-state index < -0.39 is 52.0 Å². The number of ether oxygens (including phenoxy) is 4. The number of aromatic carboxylic acids is 1. The van der Waals surface area contributed by atoms with E-state index in [-0.39, 0.29) is 18.8 Å². The van der Waals surface area contributed by atoms with Gasteiger partial charge >= 0.3 is 11.9 Å². The summed E-state index contributed by atoms with van der Waals surface area (Å²) in [7, 11) is 1.51. The van der Waals surface area contributed by atoms with Crippen LogP contribution in [0.4, 0.5) is 0 Å². The molecule has 0 bridgehead atoms. The van der Waals surface area contributed by atoms with Crippen molar-refractivity contribution in [2.45, 2.75) is 0 Å². The quantitative estimate of drug-likeness (QED) is 0.162. The van der Waals surface area contributed by atoms with Gasteiger partial charge in [-0.25, -0.2) is 9.59 Å². The van der Waals surface area contributed by atoms with Gasteiger partial charge in [-0.2, -0.15) is 0 Å². The molecule has 0 amide bonds. The largest absolute Gasteiger partial charge is 0.504 e. The van der Waals surface area contributed by atoms with Crippen LogP contribution in [0.15, 0.2) is 24.3 Å². The molecule has 0 saturated heterocycles. The molecular weight excluding hydrogens is 404 g/mol. The minimum Gasteiger partial charge on any atom is -0.504 e. The molecule has 162 valence electrons. The minimum atomic E-state index is -1.43. The maximum atomic E-state index is 12.5. The number of aromatic hydroxyl groups is 4. The van der Waals surface area contributed by atoms with Crippen molar-refractivity contribution in [2.24, 2.45) is 0 Å². The maximum absolute atomic E-state index is 12.5. The number of phenols is 4.